The molecule has 198 valence electrons. The number of halogens is 1. The lowest BCUT2D eigenvalue weighted by molar-refractivity contribution is -0.141. The second-order valence-corrected chi connectivity index (χ2v) is 10.6. The summed E-state index contributed by atoms with van der Waals surface area (Å²) in [4.78, 5) is 35.3. The second kappa shape index (κ2) is 11.9. The van der Waals surface area contributed by atoms with E-state index in [1.54, 1.807) is 18.0 Å². The van der Waals surface area contributed by atoms with Gasteiger partial charge in [0.1, 0.15) is 6.61 Å². The lowest BCUT2D eigenvalue weighted by Gasteiger charge is -2.37. The van der Waals surface area contributed by atoms with Crippen LogP contribution < -0.4 is 0 Å². The molecule has 3 aromatic carbocycles. The van der Waals surface area contributed by atoms with Gasteiger partial charge in [0.15, 0.2) is 5.17 Å². The minimum Gasteiger partial charge on any atom is -0.457 e. The zero-order valence-corrected chi connectivity index (χ0v) is 23.3. The van der Waals surface area contributed by atoms with Gasteiger partial charge in [-0.1, -0.05) is 102 Å². The fourth-order valence-electron chi connectivity index (χ4n) is 4.66. The number of allylic oxidation sites excluding steroid dienone is 1. The molecule has 1 amide bonds. The van der Waals surface area contributed by atoms with Crippen LogP contribution in [0, 0.1) is 0 Å². The standard InChI is InChI=1S/C31H28ClN3O3S/c1-21-28(30(37)38-19-23-13-7-4-8-14-23)29(25-15-9-10-16-26(25)32)35-24(20-39-31(35)33-21)17-27(36)34(2)18-22-11-5-3-6-12-22/h3-16,20,29H,17-19H2,1-2H3. The number of esters is 1. The van der Waals surface area contributed by atoms with Crippen LogP contribution in [0.4, 0.5) is 0 Å². The van der Waals surface area contributed by atoms with Crippen LogP contribution in [0.1, 0.15) is 36.1 Å². The third-order valence-electron chi connectivity index (χ3n) is 6.65. The molecule has 0 N–H and O–H groups in total. The molecule has 3 aromatic rings. The average molecular weight is 558 g/mol. The Morgan fingerprint density at radius 1 is 0.974 bits per heavy atom. The Kier molecular flexibility index (Phi) is 8.19. The van der Waals surface area contributed by atoms with Crippen LogP contribution in [-0.4, -0.2) is 33.9 Å². The van der Waals surface area contributed by atoms with E-state index >= 15 is 0 Å². The zero-order chi connectivity index (χ0) is 27.4. The summed E-state index contributed by atoms with van der Waals surface area (Å²) in [6.45, 7) is 2.46. The van der Waals surface area contributed by atoms with Crippen molar-refractivity contribution in [3.05, 3.63) is 129 Å². The lowest BCUT2D eigenvalue weighted by Crippen LogP contribution is -2.38. The highest BCUT2D eigenvalue weighted by atomic mass is 35.5. The second-order valence-electron chi connectivity index (χ2n) is 9.39. The third kappa shape index (κ3) is 5.95. The van der Waals surface area contributed by atoms with Crippen LogP contribution in [0.2, 0.25) is 5.02 Å². The molecule has 0 radical (unpaired) electrons. The molecule has 1 atom stereocenters. The molecule has 1 unspecified atom stereocenters. The number of carbonyl (C=O) groups excluding carboxylic acids is 2. The van der Waals surface area contributed by atoms with Crippen molar-refractivity contribution in [3.8, 4) is 0 Å². The first-order chi connectivity index (χ1) is 18.9. The van der Waals surface area contributed by atoms with E-state index in [1.807, 2.05) is 96.1 Å². The van der Waals surface area contributed by atoms with Gasteiger partial charge in [0.2, 0.25) is 5.91 Å². The minimum atomic E-state index is -0.581. The van der Waals surface area contributed by atoms with Gasteiger partial charge in [0.05, 0.1) is 23.7 Å². The smallest absolute Gasteiger partial charge is 0.338 e. The quantitative estimate of drug-likeness (QED) is 0.288. The number of hydrogen-bond acceptors (Lipinski definition) is 6. The highest BCUT2D eigenvalue weighted by molar-refractivity contribution is 8.16. The molecular weight excluding hydrogens is 530 g/mol. The van der Waals surface area contributed by atoms with Crippen LogP contribution >= 0.6 is 23.4 Å². The molecule has 0 spiro atoms. The maximum absolute atomic E-state index is 13.6. The van der Waals surface area contributed by atoms with Gasteiger partial charge in [0, 0.05) is 24.3 Å². The van der Waals surface area contributed by atoms with Crippen molar-refractivity contribution in [1.82, 2.24) is 9.80 Å². The highest BCUT2D eigenvalue weighted by Gasteiger charge is 2.42. The van der Waals surface area contributed by atoms with Crippen LogP contribution in [0.25, 0.3) is 0 Å². The van der Waals surface area contributed by atoms with Gasteiger partial charge >= 0.3 is 5.97 Å². The van der Waals surface area contributed by atoms with Crippen LogP contribution in [0.3, 0.4) is 0 Å². The molecule has 0 aromatic heterocycles. The Morgan fingerprint density at radius 2 is 1.62 bits per heavy atom. The van der Waals surface area contributed by atoms with Crippen molar-refractivity contribution in [1.29, 1.82) is 0 Å². The number of nitrogens with zero attached hydrogens (tertiary/aromatic N) is 3. The molecule has 2 aliphatic heterocycles. The summed E-state index contributed by atoms with van der Waals surface area (Å²) in [5.74, 6) is -0.503. The Morgan fingerprint density at radius 3 is 2.31 bits per heavy atom. The van der Waals surface area contributed by atoms with Crippen molar-refractivity contribution >= 4 is 40.4 Å². The first kappa shape index (κ1) is 26.8. The molecule has 6 nitrogen and oxygen atoms in total. The monoisotopic (exact) mass is 557 g/mol. The van der Waals surface area contributed by atoms with E-state index in [-0.39, 0.29) is 18.9 Å². The van der Waals surface area contributed by atoms with Crippen LogP contribution in [0.5, 0.6) is 0 Å². The molecular formula is C31H28ClN3O3S. The highest BCUT2D eigenvalue weighted by Crippen LogP contribution is 2.46. The lowest BCUT2D eigenvalue weighted by atomic mass is 9.93. The molecule has 2 heterocycles. The topological polar surface area (TPSA) is 62.2 Å². The first-order valence-corrected chi connectivity index (χ1v) is 13.9. The summed E-state index contributed by atoms with van der Waals surface area (Å²) in [7, 11) is 1.80. The first-order valence-electron chi connectivity index (χ1n) is 12.6. The van der Waals surface area contributed by atoms with E-state index in [2.05, 4.69) is 0 Å². The predicted molar refractivity (Wildman–Crippen MR) is 156 cm³/mol. The number of hydrogen-bond donors (Lipinski definition) is 0. The molecule has 0 saturated heterocycles. The van der Waals surface area contributed by atoms with Gasteiger partial charge in [-0.25, -0.2) is 9.79 Å². The molecule has 8 heteroatoms. The molecule has 39 heavy (non-hydrogen) atoms. The minimum absolute atomic E-state index is 0.0376. The maximum atomic E-state index is 13.6. The number of benzene rings is 3. The fourth-order valence-corrected chi connectivity index (χ4v) is 5.86. The fraction of sp³-hybridized carbons (Fsp3) is 0.194. The summed E-state index contributed by atoms with van der Waals surface area (Å²) in [5, 5.41) is 3.15. The molecule has 0 bridgehead atoms. The van der Waals surface area contributed by atoms with Gasteiger partial charge in [-0.3, -0.25) is 4.79 Å². The van der Waals surface area contributed by atoms with Crippen molar-refractivity contribution < 1.29 is 14.3 Å². The largest absolute Gasteiger partial charge is 0.457 e. The number of aliphatic imine (C=N–C) groups is 1. The van der Waals surface area contributed by atoms with E-state index < -0.39 is 12.0 Å². The van der Waals surface area contributed by atoms with Crippen molar-refractivity contribution in [2.24, 2.45) is 4.99 Å². The van der Waals surface area contributed by atoms with Gasteiger partial charge in [-0.05, 0) is 35.1 Å². The zero-order valence-electron chi connectivity index (χ0n) is 21.7. The molecule has 0 saturated carbocycles. The molecule has 5 rings (SSSR count). The summed E-state index contributed by atoms with van der Waals surface area (Å²) in [6.07, 6.45) is 0.154. The molecule has 0 aliphatic carbocycles. The summed E-state index contributed by atoms with van der Waals surface area (Å²) >= 11 is 8.13. The molecule has 2 aliphatic rings. The summed E-state index contributed by atoms with van der Waals surface area (Å²) in [6, 6.07) is 26.3. The summed E-state index contributed by atoms with van der Waals surface area (Å²) < 4.78 is 5.76. The number of thioether (sulfide) groups is 1. The van der Waals surface area contributed by atoms with Gasteiger partial charge in [-0.2, -0.15) is 0 Å². The van der Waals surface area contributed by atoms with E-state index in [4.69, 9.17) is 21.3 Å². The average Bonchev–Trinajstić information content (AvgIpc) is 3.34. The Labute approximate surface area is 237 Å². The number of fused-ring (bicyclic) bond motifs is 1. The molecule has 0 fully saturated rings. The van der Waals surface area contributed by atoms with Crippen LogP contribution in [0.15, 0.2) is 112 Å². The van der Waals surface area contributed by atoms with E-state index in [1.165, 1.54) is 11.8 Å². The van der Waals surface area contributed by atoms with Gasteiger partial charge in [-0.15, -0.1) is 0 Å². The number of rotatable bonds is 8. The normalized spacial score (nSPS) is 16.4. The maximum Gasteiger partial charge on any atom is 0.338 e. The van der Waals surface area contributed by atoms with Crippen molar-refractivity contribution in [3.63, 3.8) is 0 Å². The van der Waals surface area contributed by atoms with E-state index in [0.29, 0.717) is 28.0 Å². The number of carbonyl (C=O) groups is 2. The third-order valence-corrected chi connectivity index (χ3v) is 7.89. The van der Waals surface area contributed by atoms with Gasteiger partial charge in [0.25, 0.3) is 0 Å². The van der Waals surface area contributed by atoms with Gasteiger partial charge < -0.3 is 14.5 Å². The Bertz CT molecular complexity index is 1470. The van der Waals surface area contributed by atoms with Crippen LogP contribution in [-0.2, 0) is 27.5 Å². The number of ether oxygens (including phenoxy) is 1. The van der Waals surface area contributed by atoms with Crippen molar-refractivity contribution in [2.45, 2.75) is 32.5 Å². The van der Waals surface area contributed by atoms with Crippen molar-refractivity contribution in [2.75, 3.05) is 7.05 Å². The number of amidine groups is 1. The Balaban J connectivity index is 1.43. The predicted octanol–water partition coefficient (Wildman–Crippen LogP) is 6.71. The van der Waals surface area contributed by atoms with E-state index in [9.17, 15) is 9.59 Å². The summed E-state index contributed by atoms with van der Waals surface area (Å²) in [5.41, 5.74) is 4.42. The Hall–Kier alpha value is -3.81. The number of amides is 1. The van der Waals surface area contributed by atoms with E-state index in [0.717, 1.165) is 22.4 Å². The SMILES string of the molecule is CC1=C(C(=O)OCc2ccccc2)C(c2ccccc2Cl)N2C(CC(=O)N(C)Cc3ccccc3)=CSC2=N1.